The van der Waals surface area contributed by atoms with Crippen LogP contribution in [0.15, 0.2) is 24.3 Å². The van der Waals surface area contributed by atoms with Crippen LogP contribution in [0.1, 0.15) is 74.2 Å². The summed E-state index contributed by atoms with van der Waals surface area (Å²) in [6.45, 7) is 2.56. The molecule has 7 heteroatoms. The van der Waals surface area contributed by atoms with Crippen molar-refractivity contribution >= 4 is 5.91 Å². The first kappa shape index (κ1) is 21.0. The molecule has 1 aliphatic heterocycles. The number of carbonyl (C=O) groups is 1. The summed E-state index contributed by atoms with van der Waals surface area (Å²) in [5.41, 5.74) is 3.20. The van der Waals surface area contributed by atoms with E-state index in [4.69, 9.17) is 0 Å². The highest BCUT2D eigenvalue weighted by Crippen LogP contribution is 2.54. The van der Waals surface area contributed by atoms with Crippen LogP contribution in [0.25, 0.3) is 0 Å². The molecule has 2 aromatic rings. The monoisotopic (exact) mass is 460 g/mol. The van der Waals surface area contributed by atoms with Gasteiger partial charge in [-0.3, -0.25) is 9.69 Å². The van der Waals surface area contributed by atoms with E-state index in [0.717, 1.165) is 68.3 Å². The van der Waals surface area contributed by atoms with Crippen LogP contribution in [0.2, 0.25) is 0 Å². The number of piperidine rings is 1. The van der Waals surface area contributed by atoms with Crippen LogP contribution in [-0.4, -0.2) is 57.1 Å². The van der Waals surface area contributed by atoms with Gasteiger partial charge in [-0.15, -0.1) is 10.2 Å². The average Bonchev–Trinajstić information content (AvgIpc) is 3.45. The third-order valence-electron chi connectivity index (χ3n) is 10.2. The average molecular weight is 461 g/mol. The highest BCUT2D eigenvalue weighted by molar-refractivity contribution is 5.78. The summed E-state index contributed by atoms with van der Waals surface area (Å²) in [7, 11) is 0. The molecule has 34 heavy (non-hydrogen) atoms. The number of hydrogen-bond acceptors (Lipinski definition) is 5. The molecule has 1 spiro atoms. The molecule has 1 unspecified atom stereocenters. The molecule has 5 fully saturated rings. The van der Waals surface area contributed by atoms with Crippen LogP contribution in [0.3, 0.4) is 0 Å². The van der Waals surface area contributed by atoms with Crippen LogP contribution < -0.4 is 5.32 Å². The zero-order chi connectivity index (χ0) is 22.7. The number of carbonyl (C=O) groups excluding carboxylic acids is 1. The van der Waals surface area contributed by atoms with Gasteiger partial charge in [0.1, 0.15) is 0 Å². The number of amides is 1. The summed E-state index contributed by atoms with van der Waals surface area (Å²) in [6.07, 6.45) is 11.1. The Morgan fingerprint density at radius 2 is 1.79 bits per heavy atom. The lowest BCUT2D eigenvalue weighted by Crippen LogP contribution is -2.57. The Bertz CT molecular complexity index is 1020. The Hall–Kier alpha value is -2.28. The first-order valence-corrected chi connectivity index (χ1v) is 13.5. The fourth-order valence-corrected chi connectivity index (χ4v) is 8.91. The molecular weight excluding hydrogens is 424 g/mol. The maximum Gasteiger partial charge on any atom is 0.234 e. The van der Waals surface area contributed by atoms with Crippen molar-refractivity contribution < 1.29 is 4.79 Å². The van der Waals surface area contributed by atoms with Gasteiger partial charge in [-0.2, -0.15) is 5.21 Å². The zero-order valence-electron chi connectivity index (χ0n) is 20.0. The molecule has 2 N–H and O–H groups in total. The van der Waals surface area contributed by atoms with Crippen molar-refractivity contribution in [2.75, 3.05) is 19.6 Å². The minimum absolute atomic E-state index is 0.222. The first-order valence-electron chi connectivity index (χ1n) is 13.5. The molecule has 7 nitrogen and oxygen atoms in total. The van der Waals surface area contributed by atoms with Gasteiger partial charge < -0.3 is 5.32 Å². The number of aromatic nitrogens is 4. The van der Waals surface area contributed by atoms with E-state index in [1.54, 1.807) is 0 Å². The molecule has 4 saturated carbocycles. The van der Waals surface area contributed by atoms with Gasteiger partial charge in [0.05, 0.1) is 6.54 Å². The molecule has 1 saturated heterocycles. The molecule has 4 bridgehead atoms. The Morgan fingerprint density at radius 1 is 1.06 bits per heavy atom. The molecule has 8 rings (SSSR count). The second-order valence-electron chi connectivity index (χ2n) is 12.1. The quantitative estimate of drug-likeness (QED) is 0.716. The SMILES string of the molecule is O=C(CN1CCC2(CC1)CC(Cc1nn[nH]n1)c1ccccc12)NC1C2CC3CC(C2)CC1C3. The molecule has 180 valence electrons. The van der Waals surface area contributed by atoms with Crippen LogP contribution in [0.4, 0.5) is 0 Å². The van der Waals surface area contributed by atoms with Crippen LogP contribution in [-0.2, 0) is 16.6 Å². The summed E-state index contributed by atoms with van der Waals surface area (Å²) in [5.74, 6) is 4.90. The maximum absolute atomic E-state index is 13.1. The second-order valence-corrected chi connectivity index (χ2v) is 12.1. The molecule has 0 radical (unpaired) electrons. The summed E-state index contributed by atoms with van der Waals surface area (Å²) >= 11 is 0. The third kappa shape index (κ3) is 3.58. The zero-order valence-corrected chi connectivity index (χ0v) is 20.0. The number of likely N-dealkylation sites (tertiary alicyclic amines) is 1. The van der Waals surface area contributed by atoms with E-state index >= 15 is 0 Å². The van der Waals surface area contributed by atoms with Gasteiger partial charge in [-0.05, 0) is 111 Å². The van der Waals surface area contributed by atoms with Crippen molar-refractivity contribution in [1.29, 1.82) is 0 Å². The number of aromatic amines is 1. The predicted octanol–water partition coefficient (Wildman–Crippen LogP) is 3.20. The largest absolute Gasteiger partial charge is 0.352 e. The molecule has 1 atom stereocenters. The second kappa shape index (κ2) is 8.14. The van der Waals surface area contributed by atoms with Gasteiger partial charge in [0.2, 0.25) is 5.91 Å². The fraction of sp³-hybridized carbons (Fsp3) is 0.704. The molecule has 1 aromatic heterocycles. The highest BCUT2D eigenvalue weighted by atomic mass is 16.2. The Balaban J connectivity index is 0.982. The van der Waals surface area contributed by atoms with E-state index in [-0.39, 0.29) is 11.3 Å². The molecule has 1 aromatic carbocycles. The molecule has 5 aliphatic carbocycles. The molecular formula is C27H36N6O. The summed E-state index contributed by atoms with van der Waals surface area (Å²) in [5, 5.41) is 18.3. The van der Waals surface area contributed by atoms with Gasteiger partial charge in [0.25, 0.3) is 0 Å². The maximum atomic E-state index is 13.1. The summed E-state index contributed by atoms with van der Waals surface area (Å²) in [4.78, 5) is 15.5. The summed E-state index contributed by atoms with van der Waals surface area (Å²) in [6, 6.07) is 9.41. The minimum Gasteiger partial charge on any atom is -0.352 e. The van der Waals surface area contributed by atoms with Crippen molar-refractivity contribution in [2.45, 2.75) is 75.2 Å². The van der Waals surface area contributed by atoms with Crippen molar-refractivity contribution in [3.8, 4) is 0 Å². The van der Waals surface area contributed by atoms with Crippen LogP contribution in [0, 0.1) is 23.7 Å². The normalized spacial score (nSPS) is 35.5. The van der Waals surface area contributed by atoms with E-state index in [2.05, 4.69) is 55.1 Å². The summed E-state index contributed by atoms with van der Waals surface area (Å²) < 4.78 is 0. The van der Waals surface area contributed by atoms with Crippen molar-refractivity contribution in [2.24, 2.45) is 23.7 Å². The van der Waals surface area contributed by atoms with Crippen LogP contribution >= 0.6 is 0 Å². The minimum atomic E-state index is 0.222. The lowest BCUT2D eigenvalue weighted by atomic mass is 9.54. The molecule has 2 heterocycles. The number of hydrogen-bond donors (Lipinski definition) is 2. The third-order valence-corrected chi connectivity index (χ3v) is 10.2. The number of nitrogens with one attached hydrogen (secondary N) is 2. The predicted molar refractivity (Wildman–Crippen MR) is 128 cm³/mol. The van der Waals surface area contributed by atoms with E-state index in [9.17, 15) is 4.79 Å². The van der Waals surface area contributed by atoms with E-state index in [1.165, 1.54) is 43.2 Å². The number of H-pyrrole nitrogens is 1. The first-order chi connectivity index (χ1) is 16.6. The highest BCUT2D eigenvalue weighted by Gasteiger charge is 2.49. The molecule has 6 aliphatic rings. The fourth-order valence-electron chi connectivity index (χ4n) is 8.91. The van der Waals surface area contributed by atoms with Gasteiger partial charge in [-0.1, -0.05) is 29.5 Å². The number of fused-ring (bicyclic) bond motifs is 2. The Morgan fingerprint density at radius 3 is 2.50 bits per heavy atom. The van der Waals surface area contributed by atoms with Crippen molar-refractivity contribution in [1.82, 2.24) is 30.8 Å². The van der Waals surface area contributed by atoms with E-state index in [1.807, 2.05) is 0 Å². The number of nitrogens with zero attached hydrogens (tertiary/aromatic N) is 4. The Kier molecular flexibility index (Phi) is 5.04. The van der Waals surface area contributed by atoms with Crippen LogP contribution in [0.5, 0.6) is 0 Å². The molecule has 1 amide bonds. The number of tetrazole rings is 1. The van der Waals surface area contributed by atoms with Gasteiger partial charge in [0.15, 0.2) is 5.82 Å². The topological polar surface area (TPSA) is 86.8 Å². The van der Waals surface area contributed by atoms with E-state index < -0.39 is 0 Å². The number of benzene rings is 1. The smallest absolute Gasteiger partial charge is 0.234 e. The van der Waals surface area contributed by atoms with Crippen molar-refractivity contribution in [3.05, 3.63) is 41.2 Å². The van der Waals surface area contributed by atoms with Crippen molar-refractivity contribution in [3.63, 3.8) is 0 Å². The van der Waals surface area contributed by atoms with Gasteiger partial charge >= 0.3 is 0 Å². The standard InChI is InChI=1S/C27H36N6O/c34-25(28-26-19-10-17-9-18(12-19)13-20(26)11-17)16-33-7-5-27(6-8-33)15-21(14-24-29-31-32-30-24)22-3-1-2-4-23(22)27/h1-4,17-21,26H,5-16H2,(H,28,34)(H,29,30,31,32). The Labute approximate surface area is 201 Å². The van der Waals surface area contributed by atoms with Gasteiger partial charge in [0, 0.05) is 12.5 Å². The lowest BCUT2D eigenvalue weighted by molar-refractivity contribution is -0.126. The lowest BCUT2D eigenvalue weighted by Gasteiger charge is -2.54. The van der Waals surface area contributed by atoms with E-state index in [0.29, 0.717) is 18.5 Å². The number of rotatable bonds is 5. The van der Waals surface area contributed by atoms with Gasteiger partial charge in [-0.25, -0.2) is 0 Å².